The fourth-order valence-corrected chi connectivity index (χ4v) is 8.80. The smallest absolute Gasteiger partial charge is 0.138 e. The number of rotatable bonds is 4. The van der Waals surface area contributed by atoms with Crippen LogP contribution in [0.2, 0.25) is 0 Å². The first-order valence-corrected chi connectivity index (χ1v) is 17.8. The summed E-state index contributed by atoms with van der Waals surface area (Å²) in [5, 5.41) is 8.58. The van der Waals surface area contributed by atoms with Crippen molar-refractivity contribution in [1.82, 2.24) is 14.1 Å². The van der Waals surface area contributed by atoms with Crippen molar-refractivity contribution < 1.29 is 0 Å². The average Bonchev–Trinajstić information content (AvgIpc) is 3.81. The third-order valence-corrected chi connectivity index (χ3v) is 11.1. The van der Waals surface area contributed by atoms with Gasteiger partial charge in [0.25, 0.3) is 0 Å². The maximum absolute atomic E-state index is 5.98. The SMILES string of the molecule is CC1=C(/C=C\N)c2cc(-n3c4ccc(-c5ccc6c(c5)c5ccccc5n6-c5ccccc5)cc4c4c5ccccc5ccc43)nc3cccc1c23. The number of hydrogen-bond donors (Lipinski definition) is 1. The van der Waals surface area contributed by atoms with Gasteiger partial charge in [0.15, 0.2) is 0 Å². The fraction of sp³-hybridized carbons (Fsp3) is 0.0208. The minimum absolute atomic E-state index is 0.899. The van der Waals surface area contributed by atoms with Gasteiger partial charge in [-0.05, 0) is 124 Å². The number of fused-ring (bicyclic) bond motifs is 8. The second-order valence-corrected chi connectivity index (χ2v) is 13.8. The molecule has 244 valence electrons. The van der Waals surface area contributed by atoms with Crippen LogP contribution < -0.4 is 5.73 Å². The van der Waals surface area contributed by atoms with Crippen LogP contribution >= 0.6 is 0 Å². The molecule has 0 unspecified atom stereocenters. The maximum atomic E-state index is 5.98. The quantitative estimate of drug-likeness (QED) is 0.204. The Hall–Kier alpha value is -6.91. The van der Waals surface area contributed by atoms with Crippen LogP contribution in [0.3, 0.4) is 0 Å². The number of aromatic nitrogens is 3. The summed E-state index contributed by atoms with van der Waals surface area (Å²) in [5.74, 6) is 0.899. The molecule has 0 radical (unpaired) electrons. The van der Waals surface area contributed by atoms with Crippen LogP contribution in [0.25, 0.3) is 99.1 Å². The zero-order valence-electron chi connectivity index (χ0n) is 28.5. The Morgan fingerprint density at radius 1 is 0.519 bits per heavy atom. The first-order valence-electron chi connectivity index (χ1n) is 17.8. The van der Waals surface area contributed by atoms with E-state index in [1.807, 2.05) is 6.08 Å². The summed E-state index contributed by atoms with van der Waals surface area (Å²) < 4.78 is 4.71. The molecule has 0 amide bonds. The van der Waals surface area contributed by atoms with Gasteiger partial charge in [-0.2, -0.15) is 0 Å². The molecule has 0 spiro atoms. The van der Waals surface area contributed by atoms with Gasteiger partial charge in [0, 0.05) is 32.6 Å². The molecule has 1 aliphatic carbocycles. The van der Waals surface area contributed by atoms with E-state index in [1.165, 1.54) is 76.6 Å². The van der Waals surface area contributed by atoms with Crippen LogP contribution in [-0.2, 0) is 0 Å². The number of hydrogen-bond acceptors (Lipinski definition) is 2. The normalized spacial score (nSPS) is 13.0. The van der Waals surface area contributed by atoms with E-state index in [1.54, 1.807) is 6.20 Å². The number of pyridine rings is 1. The predicted octanol–water partition coefficient (Wildman–Crippen LogP) is 12.0. The molecule has 3 aromatic heterocycles. The molecule has 10 aromatic rings. The van der Waals surface area contributed by atoms with Gasteiger partial charge in [-0.15, -0.1) is 0 Å². The van der Waals surface area contributed by atoms with E-state index in [4.69, 9.17) is 10.7 Å². The van der Waals surface area contributed by atoms with E-state index in [-0.39, 0.29) is 0 Å². The first kappa shape index (κ1) is 28.9. The molecule has 0 saturated heterocycles. The Morgan fingerprint density at radius 2 is 1.21 bits per heavy atom. The number of benzene rings is 7. The first-order chi connectivity index (χ1) is 25.7. The lowest BCUT2D eigenvalue weighted by Gasteiger charge is -2.12. The van der Waals surface area contributed by atoms with Crippen LogP contribution in [0.15, 0.2) is 164 Å². The Bertz CT molecular complexity index is 3190. The molecular formula is C48H32N4. The molecule has 0 aliphatic heterocycles. The van der Waals surface area contributed by atoms with Gasteiger partial charge in [-0.1, -0.05) is 91.0 Å². The van der Waals surface area contributed by atoms with E-state index in [9.17, 15) is 0 Å². The van der Waals surface area contributed by atoms with E-state index in [0.29, 0.717) is 0 Å². The second kappa shape index (κ2) is 10.8. The molecule has 0 saturated carbocycles. The van der Waals surface area contributed by atoms with E-state index in [2.05, 4.69) is 168 Å². The van der Waals surface area contributed by atoms with Crippen molar-refractivity contribution in [3.05, 3.63) is 175 Å². The molecule has 0 atom stereocenters. The molecule has 3 heterocycles. The highest BCUT2D eigenvalue weighted by molar-refractivity contribution is 6.22. The van der Waals surface area contributed by atoms with Crippen molar-refractivity contribution >= 4 is 76.4 Å². The molecule has 0 bridgehead atoms. The summed E-state index contributed by atoms with van der Waals surface area (Å²) in [6.45, 7) is 2.18. The van der Waals surface area contributed by atoms with E-state index in [0.717, 1.165) is 33.6 Å². The zero-order valence-corrected chi connectivity index (χ0v) is 28.5. The summed E-state index contributed by atoms with van der Waals surface area (Å²) in [5.41, 5.74) is 19.9. The van der Waals surface area contributed by atoms with Gasteiger partial charge in [0.05, 0.1) is 27.6 Å². The van der Waals surface area contributed by atoms with E-state index >= 15 is 0 Å². The Morgan fingerprint density at radius 3 is 2.04 bits per heavy atom. The molecule has 7 aromatic carbocycles. The van der Waals surface area contributed by atoms with Crippen LogP contribution in [-0.4, -0.2) is 14.1 Å². The number of allylic oxidation sites excluding steroid dienone is 3. The minimum Gasteiger partial charge on any atom is -0.405 e. The van der Waals surface area contributed by atoms with Crippen molar-refractivity contribution in [2.24, 2.45) is 5.73 Å². The number of para-hydroxylation sites is 2. The van der Waals surface area contributed by atoms with Gasteiger partial charge in [0.2, 0.25) is 0 Å². The maximum Gasteiger partial charge on any atom is 0.138 e. The molecule has 1 aliphatic rings. The summed E-state index contributed by atoms with van der Waals surface area (Å²) in [6, 6.07) is 55.0. The Kier molecular flexibility index (Phi) is 5.99. The zero-order chi connectivity index (χ0) is 34.5. The molecular weight excluding hydrogens is 633 g/mol. The molecule has 52 heavy (non-hydrogen) atoms. The number of nitrogens with zero attached hydrogens (tertiary/aromatic N) is 3. The van der Waals surface area contributed by atoms with Crippen LogP contribution in [0.1, 0.15) is 18.1 Å². The highest BCUT2D eigenvalue weighted by Crippen LogP contribution is 2.45. The molecule has 4 nitrogen and oxygen atoms in total. The van der Waals surface area contributed by atoms with Gasteiger partial charge in [-0.3, -0.25) is 4.57 Å². The number of nitrogens with two attached hydrogens (primary N) is 1. The Labute approximate surface area is 300 Å². The summed E-state index contributed by atoms with van der Waals surface area (Å²) >= 11 is 0. The molecule has 2 N–H and O–H groups in total. The highest BCUT2D eigenvalue weighted by Gasteiger charge is 2.24. The molecule has 0 fully saturated rings. The standard InChI is InChI=1S/C48H32N4/c1-29-34(24-25-49)39-28-46(50-41-16-9-15-35(29)47(39)41)52-44-22-20-32(27-40(44)48-36-13-6-5-10-30(36)18-23-45(48)52)31-19-21-43-38(26-31)37-14-7-8-17-42(37)51(43)33-11-3-2-4-12-33/h2-28H,49H2,1H3/b25-24-. The van der Waals surface area contributed by atoms with Crippen molar-refractivity contribution in [2.45, 2.75) is 6.92 Å². The van der Waals surface area contributed by atoms with Crippen molar-refractivity contribution in [2.75, 3.05) is 0 Å². The van der Waals surface area contributed by atoms with Gasteiger partial charge in [0.1, 0.15) is 5.82 Å². The van der Waals surface area contributed by atoms with Gasteiger partial charge >= 0.3 is 0 Å². The van der Waals surface area contributed by atoms with Crippen molar-refractivity contribution in [1.29, 1.82) is 0 Å². The predicted molar refractivity (Wildman–Crippen MR) is 219 cm³/mol. The lowest BCUT2D eigenvalue weighted by molar-refractivity contribution is 1.10. The average molecular weight is 665 g/mol. The molecule has 4 heteroatoms. The monoisotopic (exact) mass is 664 g/mol. The van der Waals surface area contributed by atoms with Gasteiger partial charge in [-0.25, -0.2) is 4.98 Å². The van der Waals surface area contributed by atoms with Crippen molar-refractivity contribution in [3.8, 4) is 22.6 Å². The van der Waals surface area contributed by atoms with Crippen LogP contribution in [0.5, 0.6) is 0 Å². The van der Waals surface area contributed by atoms with E-state index < -0.39 is 0 Å². The minimum atomic E-state index is 0.899. The van der Waals surface area contributed by atoms with Crippen LogP contribution in [0, 0.1) is 0 Å². The molecule has 11 rings (SSSR count). The highest BCUT2D eigenvalue weighted by atomic mass is 15.1. The van der Waals surface area contributed by atoms with Gasteiger partial charge < -0.3 is 10.3 Å². The largest absolute Gasteiger partial charge is 0.405 e. The third-order valence-electron chi connectivity index (χ3n) is 11.1. The Balaban J connectivity index is 1.17. The third kappa shape index (κ3) is 3.95. The van der Waals surface area contributed by atoms with Crippen molar-refractivity contribution in [3.63, 3.8) is 0 Å². The lowest BCUT2D eigenvalue weighted by atomic mass is 9.99. The van der Waals surface area contributed by atoms with Crippen LogP contribution in [0.4, 0.5) is 0 Å². The summed E-state index contributed by atoms with van der Waals surface area (Å²) in [7, 11) is 0. The lowest BCUT2D eigenvalue weighted by Crippen LogP contribution is -1.99. The summed E-state index contributed by atoms with van der Waals surface area (Å²) in [4.78, 5) is 5.34. The second-order valence-electron chi connectivity index (χ2n) is 13.8. The fourth-order valence-electron chi connectivity index (χ4n) is 8.80. The summed E-state index contributed by atoms with van der Waals surface area (Å²) in [6.07, 6.45) is 3.66. The topological polar surface area (TPSA) is 48.8 Å².